The van der Waals surface area contributed by atoms with Crippen molar-refractivity contribution >= 4 is 13.7 Å². The SMILES string of the molecule is CC/C=C\C/C=C\C/C=C\C/C=C\C/C=C\CCCCCCCCCCCCCCCCCCCC(=O)NC(COP(=O)(O)OCC[N+](C)(C)C)C(O)CCCCCCCCC. The summed E-state index contributed by atoms with van der Waals surface area (Å²) in [6.07, 6.45) is 58.7. The Balaban J connectivity index is 3.90. The van der Waals surface area contributed by atoms with Crippen LogP contribution in [0.1, 0.15) is 219 Å². The zero-order chi connectivity index (χ0) is 45.7. The van der Waals surface area contributed by atoms with Crippen LogP contribution in [0.2, 0.25) is 0 Å². The molecule has 0 aromatic heterocycles. The van der Waals surface area contributed by atoms with Crippen LogP contribution in [-0.4, -0.2) is 73.4 Å². The molecular formula is C53H100N2O6P+. The quantitative estimate of drug-likeness (QED) is 0.0243. The summed E-state index contributed by atoms with van der Waals surface area (Å²) in [5.41, 5.74) is 0. The second-order valence-corrected chi connectivity index (χ2v) is 20.0. The minimum atomic E-state index is -4.31. The minimum Gasteiger partial charge on any atom is -0.391 e. The molecule has 0 aliphatic heterocycles. The van der Waals surface area contributed by atoms with Crippen LogP contribution in [0.25, 0.3) is 0 Å². The largest absolute Gasteiger partial charge is 0.472 e. The van der Waals surface area contributed by atoms with E-state index in [9.17, 15) is 19.4 Å². The molecule has 362 valence electrons. The van der Waals surface area contributed by atoms with Crippen molar-refractivity contribution in [2.45, 2.75) is 231 Å². The lowest BCUT2D eigenvalue weighted by molar-refractivity contribution is -0.870. The van der Waals surface area contributed by atoms with Crippen molar-refractivity contribution in [3.8, 4) is 0 Å². The molecule has 0 saturated heterocycles. The van der Waals surface area contributed by atoms with E-state index < -0.39 is 20.0 Å². The maximum atomic E-state index is 12.9. The fourth-order valence-electron chi connectivity index (χ4n) is 7.25. The maximum absolute atomic E-state index is 12.9. The van der Waals surface area contributed by atoms with Crippen LogP contribution < -0.4 is 5.32 Å². The van der Waals surface area contributed by atoms with Crippen molar-refractivity contribution < 1.29 is 32.9 Å². The highest BCUT2D eigenvalue weighted by atomic mass is 31.2. The van der Waals surface area contributed by atoms with Gasteiger partial charge in [-0.15, -0.1) is 0 Å². The number of rotatable bonds is 46. The highest BCUT2D eigenvalue weighted by Gasteiger charge is 2.28. The number of allylic oxidation sites excluding steroid dienone is 10. The Morgan fingerprint density at radius 3 is 1.42 bits per heavy atom. The molecule has 0 spiro atoms. The number of amides is 1. The molecule has 0 aromatic carbocycles. The number of likely N-dealkylation sites (N-methyl/N-ethyl adjacent to an activating group) is 1. The third-order valence-corrected chi connectivity index (χ3v) is 12.3. The number of hydrogen-bond donors (Lipinski definition) is 3. The smallest absolute Gasteiger partial charge is 0.391 e. The Hall–Kier alpha value is -1.80. The van der Waals surface area contributed by atoms with Crippen molar-refractivity contribution in [2.24, 2.45) is 0 Å². The molecule has 0 radical (unpaired) electrons. The molecule has 9 heteroatoms. The summed E-state index contributed by atoms with van der Waals surface area (Å²) in [5, 5.41) is 13.9. The summed E-state index contributed by atoms with van der Waals surface area (Å²) in [4.78, 5) is 23.1. The number of aliphatic hydroxyl groups is 1. The van der Waals surface area contributed by atoms with E-state index in [4.69, 9.17) is 9.05 Å². The summed E-state index contributed by atoms with van der Waals surface area (Å²) >= 11 is 0. The van der Waals surface area contributed by atoms with Gasteiger partial charge in [-0.2, -0.15) is 0 Å². The van der Waals surface area contributed by atoms with Gasteiger partial charge in [-0.05, 0) is 57.8 Å². The van der Waals surface area contributed by atoms with Gasteiger partial charge in [0.1, 0.15) is 13.2 Å². The topological polar surface area (TPSA) is 105 Å². The van der Waals surface area contributed by atoms with Crippen LogP contribution in [0.5, 0.6) is 0 Å². The third kappa shape index (κ3) is 46.2. The van der Waals surface area contributed by atoms with Crippen molar-refractivity contribution in [3.63, 3.8) is 0 Å². The van der Waals surface area contributed by atoms with E-state index in [1.54, 1.807) is 0 Å². The molecule has 3 atom stereocenters. The van der Waals surface area contributed by atoms with E-state index in [1.807, 2.05) is 21.1 Å². The number of quaternary nitrogens is 1. The Morgan fingerprint density at radius 2 is 0.968 bits per heavy atom. The van der Waals surface area contributed by atoms with Gasteiger partial charge in [-0.1, -0.05) is 216 Å². The molecule has 0 aliphatic carbocycles. The molecule has 0 saturated carbocycles. The Labute approximate surface area is 383 Å². The first kappa shape index (κ1) is 60.2. The summed E-state index contributed by atoms with van der Waals surface area (Å²) in [6, 6.07) is -0.758. The third-order valence-electron chi connectivity index (χ3n) is 11.3. The fourth-order valence-corrected chi connectivity index (χ4v) is 7.99. The molecule has 0 bridgehead atoms. The first-order chi connectivity index (χ1) is 30.0. The zero-order valence-electron chi connectivity index (χ0n) is 41.1. The van der Waals surface area contributed by atoms with Gasteiger partial charge in [-0.25, -0.2) is 4.57 Å². The Morgan fingerprint density at radius 1 is 0.565 bits per heavy atom. The average molecular weight is 892 g/mol. The van der Waals surface area contributed by atoms with Crippen LogP contribution in [0.3, 0.4) is 0 Å². The first-order valence-corrected chi connectivity index (χ1v) is 27.1. The van der Waals surface area contributed by atoms with E-state index in [1.165, 1.54) is 122 Å². The van der Waals surface area contributed by atoms with E-state index in [0.717, 1.165) is 70.6 Å². The number of phosphoric ester groups is 1. The maximum Gasteiger partial charge on any atom is 0.472 e. The number of carbonyl (C=O) groups excluding carboxylic acids is 1. The normalized spacial score (nSPS) is 14.6. The minimum absolute atomic E-state index is 0.0736. The highest BCUT2D eigenvalue weighted by molar-refractivity contribution is 7.47. The van der Waals surface area contributed by atoms with Crippen molar-refractivity contribution in [2.75, 3.05) is 40.9 Å². The van der Waals surface area contributed by atoms with Gasteiger partial charge in [0.15, 0.2) is 0 Å². The predicted molar refractivity (Wildman–Crippen MR) is 267 cm³/mol. The van der Waals surface area contributed by atoms with Gasteiger partial charge in [0.2, 0.25) is 5.91 Å². The number of hydrogen-bond acceptors (Lipinski definition) is 5. The second-order valence-electron chi connectivity index (χ2n) is 18.5. The molecule has 62 heavy (non-hydrogen) atoms. The zero-order valence-corrected chi connectivity index (χ0v) is 42.0. The molecule has 1 amide bonds. The summed E-state index contributed by atoms with van der Waals surface area (Å²) in [6.45, 7) is 4.72. The Bertz CT molecular complexity index is 1190. The van der Waals surface area contributed by atoms with E-state index >= 15 is 0 Å². The van der Waals surface area contributed by atoms with E-state index in [-0.39, 0.29) is 19.1 Å². The van der Waals surface area contributed by atoms with Gasteiger partial charge in [0.05, 0.1) is 39.9 Å². The van der Waals surface area contributed by atoms with Crippen LogP contribution in [0, 0.1) is 0 Å². The number of nitrogens with one attached hydrogen (secondary N) is 1. The fraction of sp³-hybridized carbons (Fsp3) is 0.792. The average Bonchev–Trinajstić information content (AvgIpc) is 3.23. The molecule has 0 aliphatic rings. The number of phosphoric acid groups is 1. The van der Waals surface area contributed by atoms with E-state index in [2.05, 4.69) is 79.9 Å². The predicted octanol–water partition coefficient (Wildman–Crippen LogP) is 15.0. The van der Waals surface area contributed by atoms with Gasteiger partial charge < -0.3 is 19.8 Å². The lowest BCUT2D eigenvalue weighted by Crippen LogP contribution is -2.46. The van der Waals surface area contributed by atoms with Crippen LogP contribution >= 0.6 is 7.82 Å². The van der Waals surface area contributed by atoms with Gasteiger partial charge in [-0.3, -0.25) is 13.8 Å². The van der Waals surface area contributed by atoms with Crippen LogP contribution in [0.15, 0.2) is 60.8 Å². The van der Waals surface area contributed by atoms with E-state index in [0.29, 0.717) is 23.9 Å². The van der Waals surface area contributed by atoms with Crippen molar-refractivity contribution in [3.05, 3.63) is 60.8 Å². The second kappa shape index (κ2) is 44.4. The standard InChI is InChI=1S/C53H99N2O6P/c1-6-8-10-12-14-15-16-17-18-19-20-21-22-23-24-25-26-27-28-29-30-31-32-33-34-35-36-37-38-39-41-43-45-47-53(57)54-51(52(56)46-44-42-40-13-11-9-7-2)50-61-62(58,59)60-49-48-55(3,4)5/h8,10,14-15,17-18,20-21,23-24,51-52,56H,6-7,9,11-13,16,19,22,25-50H2,1-5H3,(H-,54,57,58,59)/p+1/b10-8-,15-14-,18-17-,21-20-,24-23-. The van der Waals surface area contributed by atoms with Gasteiger partial charge in [0, 0.05) is 6.42 Å². The van der Waals surface area contributed by atoms with Crippen molar-refractivity contribution in [1.29, 1.82) is 0 Å². The molecule has 0 heterocycles. The van der Waals surface area contributed by atoms with Crippen LogP contribution in [0.4, 0.5) is 0 Å². The molecule has 3 N–H and O–H groups in total. The number of carbonyl (C=O) groups is 1. The van der Waals surface area contributed by atoms with Gasteiger partial charge >= 0.3 is 7.82 Å². The number of aliphatic hydroxyl groups excluding tert-OH is 1. The van der Waals surface area contributed by atoms with Crippen molar-refractivity contribution in [1.82, 2.24) is 5.32 Å². The number of nitrogens with zero attached hydrogens (tertiary/aromatic N) is 1. The van der Waals surface area contributed by atoms with Crippen LogP contribution in [-0.2, 0) is 18.4 Å². The monoisotopic (exact) mass is 892 g/mol. The molecular weight excluding hydrogens is 792 g/mol. The molecule has 3 unspecified atom stereocenters. The van der Waals surface area contributed by atoms with Gasteiger partial charge in [0.25, 0.3) is 0 Å². The lowest BCUT2D eigenvalue weighted by atomic mass is 10.0. The number of unbranched alkanes of at least 4 members (excludes halogenated alkanes) is 23. The molecule has 0 rings (SSSR count). The highest BCUT2D eigenvalue weighted by Crippen LogP contribution is 2.43. The lowest BCUT2D eigenvalue weighted by Gasteiger charge is -2.26. The Kier molecular flexibility index (Phi) is 43.1. The summed E-state index contributed by atoms with van der Waals surface area (Å²) in [7, 11) is 1.61. The molecule has 0 fully saturated rings. The summed E-state index contributed by atoms with van der Waals surface area (Å²) < 4.78 is 23.5. The molecule has 8 nitrogen and oxygen atoms in total. The summed E-state index contributed by atoms with van der Waals surface area (Å²) in [5.74, 6) is -0.149. The first-order valence-electron chi connectivity index (χ1n) is 25.7. The molecule has 0 aromatic rings.